The zero-order valence-corrected chi connectivity index (χ0v) is 13.3. The predicted octanol–water partition coefficient (Wildman–Crippen LogP) is 1.68. The van der Waals surface area contributed by atoms with Gasteiger partial charge >= 0.3 is 0 Å². The highest BCUT2D eigenvalue weighted by atomic mass is 79.9. The van der Waals surface area contributed by atoms with Gasteiger partial charge in [0.05, 0.1) is 34.1 Å². The molecule has 0 saturated heterocycles. The lowest BCUT2D eigenvalue weighted by Crippen LogP contribution is -2.42. The van der Waals surface area contributed by atoms with Crippen LogP contribution in [0, 0.1) is 6.92 Å². The van der Waals surface area contributed by atoms with Crippen molar-refractivity contribution in [3.63, 3.8) is 0 Å². The van der Waals surface area contributed by atoms with Crippen LogP contribution in [0.4, 0.5) is 0 Å². The molecule has 1 heterocycles. The minimum absolute atomic E-state index is 0.0651. The first-order chi connectivity index (χ1) is 8.24. The topological polar surface area (TPSA) is 65.1 Å². The number of aromatic nitrogens is 2. The molecule has 1 aromatic rings. The number of ether oxygens (including phenoxy) is 1. The van der Waals surface area contributed by atoms with E-state index in [2.05, 4.69) is 26.5 Å². The summed E-state index contributed by atoms with van der Waals surface area (Å²) >= 11 is 3.56. The molecule has 0 saturated carbocycles. The maximum Gasteiger partial charge on any atom is 0.0738 e. The van der Waals surface area contributed by atoms with E-state index >= 15 is 0 Å². The van der Waals surface area contributed by atoms with Gasteiger partial charge in [0, 0.05) is 13.5 Å². The van der Waals surface area contributed by atoms with E-state index in [-0.39, 0.29) is 11.6 Å². The Balaban J connectivity index is 2.68. The predicted molar refractivity (Wildman–Crippen MR) is 76.2 cm³/mol. The second kappa shape index (κ2) is 6.14. The number of nitrogens with zero attached hydrogens (tertiary/aromatic N) is 2. The van der Waals surface area contributed by atoms with E-state index in [4.69, 9.17) is 10.6 Å². The van der Waals surface area contributed by atoms with Gasteiger partial charge in [-0.1, -0.05) is 0 Å². The van der Waals surface area contributed by atoms with Crippen LogP contribution >= 0.6 is 15.9 Å². The van der Waals surface area contributed by atoms with Crippen molar-refractivity contribution in [3.05, 3.63) is 15.9 Å². The van der Waals surface area contributed by atoms with E-state index in [1.165, 1.54) is 0 Å². The van der Waals surface area contributed by atoms with Gasteiger partial charge in [-0.15, -0.1) is 0 Å². The van der Waals surface area contributed by atoms with Gasteiger partial charge in [0.1, 0.15) is 0 Å². The van der Waals surface area contributed by atoms with Crippen molar-refractivity contribution in [1.82, 2.24) is 15.2 Å². The summed E-state index contributed by atoms with van der Waals surface area (Å²) in [4.78, 5) is 0. The quantitative estimate of drug-likeness (QED) is 0.640. The molecule has 6 heteroatoms. The van der Waals surface area contributed by atoms with Gasteiger partial charge in [-0.25, -0.2) is 0 Å². The first-order valence-corrected chi connectivity index (χ1v) is 6.82. The molecule has 1 unspecified atom stereocenters. The maximum atomic E-state index is 5.75. The van der Waals surface area contributed by atoms with Crippen LogP contribution in [0.3, 0.4) is 0 Å². The zero-order chi connectivity index (χ0) is 13.9. The molecule has 0 spiro atoms. The minimum atomic E-state index is -0.158. The van der Waals surface area contributed by atoms with E-state index in [1.54, 1.807) is 0 Å². The minimum Gasteiger partial charge on any atom is -0.374 e. The van der Waals surface area contributed by atoms with Gasteiger partial charge in [0.2, 0.25) is 0 Å². The van der Waals surface area contributed by atoms with E-state index in [9.17, 15) is 0 Å². The van der Waals surface area contributed by atoms with Crippen LogP contribution < -0.4 is 11.3 Å². The SMILES string of the molecule is Cc1nn(C)c(CC(COC(C)(C)C)NN)c1Br. The summed E-state index contributed by atoms with van der Waals surface area (Å²) in [6.07, 6.45) is 0.768. The lowest BCUT2D eigenvalue weighted by atomic mass is 10.1. The fourth-order valence-corrected chi connectivity index (χ4v) is 2.15. The highest BCUT2D eigenvalue weighted by Crippen LogP contribution is 2.21. The van der Waals surface area contributed by atoms with Crippen LogP contribution in [0.5, 0.6) is 0 Å². The Morgan fingerprint density at radius 2 is 2.11 bits per heavy atom. The van der Waals surface area contributed by atoms with E-state index in [0.29, 0.717) is 6.61 Å². The molecule has 0 fully saturated rings. The molecule has 1 atom stereocenters. The normalized spacial score (nSPS) is 13.9. The van der Waals surface area contributed by atoms with Crippen LogP contribution in [0.1, 0.15) is 32.2 Å². The lowest BCUT2D eigenvalue weighted by Gasteiger charge is -2.24. The maximum absolute atomic E-state index is 5.75. The summed E-state index contributed by atoms with van der Waals surface area (Å²) in [6.45, 7) is 8.64. The van der Waals surface area contributed by atoms with Crippen molar-refractivity contribution in [3.8, 4) is 0 Å². The number of hydrogen-bond acceptors (Lipinski definition) is 4. The van der Waals surface area contributed by atoms with Crippen molar-refractivity contribution in [2.45, 2.75) is 45.8 Å². The average Bonchev–Trinajstić information content (AvgIpc) is 2.48. The molecule has 0 aliphatic rings. The van der Waals surface area contributed by atoms with Crippen molar-refractivity contribution >= 4 is 15.9 Å². The Bertz CT molecular complexity index is 398. The van der Waals surface area contributed by atoms with Gasteiger partial charge in [0.25, 0.3) is 0 Å². The Hall–Kier alpha value is -0.430. The summed E-state index contributed by atoms with van der Waals surface area (Å²) in [6, 6.07) is 0.0651. The standard InChI is InChI=1S/C12H23BrN4O/c1-8-11(13)10(17(5)16-8)6-9(15-14)7-18-12(2,3)4/h9,15H,6-7,14H2,1-5H3. The second-order valence-corrected chi connectivity index (χ2v) is 6.25. The fourth-order valence-electron chi connectivity index (χ4n) is 1.65. The molecule has 1 aromatic heterocycles. The molecule has 1 rings (SSSR count). The summed E-state index contributed by atoms with van der Waals surface area (Å²) in [5.41, 5.74) is 4.75. The van der Waals surface area contributed by atoms with Gasteiger partial charge in [-0.2, -0.15) is 5.10 Å². The third-order valence-corrected chi connectivity index (χ3v) is 3.69. The largest absolute Gasteiger partial charge is 0.374 e. The number of hydrogen-bond donors (Lipinski definition) is 2. The number of hydrazine groups is 1. The molecule has 0 aliphatic heterocycles. The Kier molecular flexibility index (Phi) is 5.33. The molecular weight excluding hydrogens is 296 g/mol. The third-order valence-electron chi connectivity index (χ3n) is 2.65. The summed E-state index contributed by atoms with van der Waals surface area (Å²) < 4.78 is 8.67. The highest BCUT2D eigenvalue weighted by Gasteiger charge is 2.19. The lowest BCUT2D eigenvalue weighted by molar-refractivity contribution is -0.0145. The Morgan fingerprint density at radius 3 is 2.50 bits per heavy atom. The highest BCUT2D eigenvalue weighted by molar-refractivity contribution is 9.10. The third kappa shape index (κ3) is 4.35. The Morgan fingerprint density at radius 1 is 1.50 bits per heavy atom. The number of aryl methyl sites for hydroxylation is 2. The smallest absolute Gasteiger partial charge is 0.0738 e. The second-order valence-electron chi connectivity index (χ2n) is 5.46. The van der Waals surface area contributed by atoms with Crippen LogP contribution in [0.15, 0.2) is 4.47 Å². The summed E-state index contributed by atoms with van der Waals surface area (Å²) in [5.74, 6) is 5.58. The van der Waals surface area contributed by atoms with Crippen LogP contribution in [-0.2, 0) is 18.2 Å². The fraction of sp³-hybridized carbons (Fsp3) is 0.750. The van der Waals surface area contributed by atoms with E-state index < -0.39 is 0 Å². The molecule has 0 bridgehead atoms. The van der Waals surface area contributed by atoms with Gasteiger partial charge in [-0.3, -0.25) is 16.0 Å². The van der Waals surface area contributed by atoms with E-state index in [1.807, 2.05) is 39.4 Å². The molecule has 0 aliphatic carbocycles. The molecule has 5 nitrogen and oxygen atoms in total. The number of nitrogens with one attached hydrogen (secondary N) is 1. The van der Waals surface area contributed by atoms with Crippen LogP contribution in [0.2, 0.25) is 0 Å². The Labute approximate surface area is 117 Å². The summed E-state index contributed by atoms with van der Waals surface area (Å²) in [5, 5.41) is 4.37. The zero-order valence-electron chi connectivity index (χ0n) is 11.7. The van der Waals surface area contributed by atoms with Crippen molar-refractivity contribution in [2.75, 3.05) is 6.61 Å². The van der Waals surface area contributed by atoms with Gasteiger partial charge in [0.15, 0.2) is 0 Å². The molecule has 3 N–H and O–H groups in total. The summed E-state index contributed by atoms with van der Waals surface area (Å²) in [7, 11) is 1.94. The van der Waals surface area contributed by atoms with Gasteiger partial charge in [-0.05, 0) is 43.6 Å². The molecule has 104 valence electrons. The van der Waals surface area contributed by atoms with Crippen LogP contribution in [0.25, 0.3) is 0 Å². The van der Waals surface area contributed by atoms with Gasteiger partial charge < -0.3 is 4.74 Å². The monoisotopic (exact) mass is 318 g/mol. The number of rotatable bonds is 5. The van der Waals surface area contributed by atoms with Crippen LogP contribution in [-0.4, -0.2) is 28.0 Å². The molecule has 0 amide bonds. The number of halogens is 1. The first-order valence-electron chi connectivity index (χ1n) is 6.02. The van der Waals surface area contributed by atoms with Crippen molar-refractivity contribution in [1.29, 1.82) is 0 Å². The van der Waals surface area contributed by atoms with Crippen molar-refractivity contribution in [2.24, 2.45) is 12.9 Å². The van der Waals surface area contributed by atoms with Crippen molar-refractivity contribution < 1.29 is 4.74 Å². The molecular formula is C12H23BrN4O. The average molecular weight is 319 g/mol. The first kappa shape index (κ1) is 15.6. The molecule has 18 heavy (non-hydrogen) atoms. The van der Waals surface area contributed by atoms with E-state index in [0.717, 1.165) is 22.3 Å². The number of nitrogens with two attached hydrogens (primary N) is 1. The molecule has 0 aromatic carbocycles. The molecule has 0 radical (unpaired) electrons.